The van der Waals surface area contributed by atoms with Gasteiger partial charge < -0.3 is 9.84 Å². The van der Waals surface area contributed by atoms with Gasteiger partial charge in [-0.1, -0.05) is 23.2 Å². The number of halogens is 2. The minimum Gasteiger partial charge on any atom is -0.506 e. The van der Waals surface area contributed by atoms with E-state index in [0.717, 1.165) is 0 Å². The summed E-state index contributed by atoms with van der Waals surface area (Å²) in [5, 5.41) is 19.8. The molecule has 0 amide bonds. The molecule has 0 saturated heterocycles. The van der Waals surface area contributed by atoms with Crippen LogP contribution in [-0.4, -0.2) is 33.1 Å². The number of carbonyl (C=O) groups excluding carboxylic acids is 1. The minimum absolute atomic E-state index is 0.00882. The number of phenols is 1. The maximum Gasteiger partial charge on any atom is 0.361 e. The molecular formula is C11H9Cl2N3O3. The van der Waals surface area contributed by atoms with Gasteiger partial charge in [-0.25, -0.2) is 4.79 Å². The Morgan fingerprint density at radius 1 is 1.37 bits per heavy atom. The summed E-state index contributed by atoms with van der Waals surface area (Å²) >= 11 is 11.7. The summed E-state index contributed by atoms with van der Waals surface area (Å²) in [6, 6.07) is 2.67. The Morgan fingerprint density at radius 3 is 2.79 bits per heavy atom. The molecule has 0 bridgehead atoms. The number of aromatic hydroxyl groups is 1. The van der Waals surface area contributed by atoms with Gasteiger partial charge in [-0.2, -0.15) is 10.3 Å². The Bertz CT molecular complexity index is 628. The third-order valence-electron chi connectivity index (χ3n) is 2.31. The first-order valence-electron chi connectivity index (χ1n) is 5.30. The number of phenolic OH excluding ortho intramolecular Hbond substituents is 1. The highest BCUT2D eigenvalue weighted by molar-refractivity contribution is 6.37. The standard InChI is InChI=1S/C11H9Cl2N3O3/c1-2-19-11(18)10-9(14-16-15-10)5-3-8(17)7(13)4-6(5)12/h3-4,17H,2H2,1H3,(H,14,15,16). The zero-order valence-electron chi connectivity index (χ0n) is 9.78. The van der Waals surface area contributed by atoms with Gasteiger partial charge in [0.25, 0.3) is 0 Å². The van der Waals surface area contributed by atoms with E-state index in [1.165, 1.54) is 12.1 Å². The monoisotopic (exact) mass is 301 g/mol. The smallest absolute Gasteiger partial charge is 0.361 e. The van der Waals surface area contributed by atoms with Crippen LogP contribution in [0.1, 0.15) is 17.4 Å². The van der Waals surface area contributed by atoms with E-state index in [1.807, 2.05) is 0 Å². The molecule has 1 heterocycles. The quantitative estimate of drug-likeness (QED) is 0.851. The van der Waals surface area contributed by atoms with Crippen molar-refractivity contribution in [2.75, 3.05) is 6.61 Å². The van der Waals surface area contributed by atoms with Crippen LogP contribution in [-0.2, 0) is 4.74 Å². The number of hydrogen-bond donors (Lipinski definition) is 2. The molecule has 1 aromatic heterocycles. The summed E-state index contributed by atoms with van der Waals surface area (Å²) in [6.07, 6.45) is 0. The van der Waals surface area contributed by atoms with E-state index < -0.39 is 5.97 Å². The molecule has 100 valence electrons. The van der Waals surface area contributed by atoms with Crippen molar-refractivity contribution >= 4 is 29.2 Å². The van der Waals surface area contributed by atoms with Crippen molar-refractivity contribution in [1.82, 2.24) is 15.4 Å². The van der Waals surface area contributed by atoms with Crippen LogP contribution in [0.4, 0.5) is 0 Å². The fourth-order valence-corrected chi connectivity index (χ4v) is 1.95. The van der Waals surface area contributed by atoms with Crippen LogP contribution in [0, 0.1) is 0 Å². The van der Waals surface area contributed by atoms with Crippen molar-refractivity contribution in [3.05, 3.63) is 27.9 Å². The SMILES string of the molecule is CCOC(=O)c1n[nH]nc1-c1cc(O)c(Cl)cc1Cl. The first kappa shape index (κ1) is 13.6. The van der Waals surface area contributed by atoms with Gasteiger partial charge in [0.2, 0.25) is 0 Å². The molecule has 0 aliphatic carbocycles. The summed E-state index contributed by atoms with van der Waals surface area (Å²) in [4.78, 5) is 11.7. The minimum atomic E-state index is -0.628. The second-order valence-corrected chi connectivity index (χ2v) is 4.34. The van der Waals surface area contributed by atoms with E-state index in [4.69, 9.17) is 27.9 Å². The third kappa shape index (κ3) is 2.64. The van der Waals surface area contributed by atoms with Crippen LogP contribution in [0.5, 0.6) is 5.75 Å². The average molecular weight is 302 g/mol. The molecule has 0 fully saturated rings. The fraction of sp³-hybridized carbons (Fsp3) is 0.182. The van der Waals surface area contributed by atoms with Gasteiger partial charge in [0.05, 0.1) is 16.7 Å². The van der Waals surface area contributed by atoms with Crippen LogP contribution < -0.4 is 0 Å². The van der Waals surface area contributed by atoms with Gasteiger partial charge in [-0.3, -0.25) is 0 Å². The van der Waals surface area contributed by atoms with Crippen molar-refractivity contribution in [3.8, 4) is 17.0 Å². The van der Waals surface area contributed by atoms with Crippen molar-refractivity contribution in [2.24, 2.45) is 0 Å². The number of benzene rings is 1. The third-order valence-corrected chi connectivity index (χ3v) is 2.92. The highest BCUT2D eigenvalue weighted by Gasteiger charge is 2.21. The molecule has 0 spiro atoms. The average Bonchev–Trinajstić information content (AvgIpc) is 2.83. The number of rotatable bonds is 3. The second kappa shape index (κ2) is 5.46. The summed E-state index contributed by atoms with van der Waals surface area (Å²) in [7, 11) is 0. The Morgan fingerprint density at radius 2 is 2.11 bits per heavy atom. The van der Waals surface area contributed by atoms with Crippen molar-refractivity contribution in [1.29, 1.82) is 0 Å². The number of nitrogens with zero attached hydrogens (tertiary/aromatic N) is 2. The molecule has 8 heteroatoms. The molecule has 0 radical (unpaired) electrons. The lowest BCUT2D eigenvalue weighted by Crippen LogP contribution is -2.06. The van der Waals surface area contributed by atoms with Gasteiger partial charge >= 0.3 is 5.97 Å². The van der Waals surface area contributed by atoms with Crippen LogP contribution in [0.3, 0.4) is 0 Å². The topological polar surface area (TPSA) is 88.1 Å². The van der Waals surface area contributed by atoms with Gasteiger partial charge in [-0.05, 0) is 19.1 Å². The molecule has 0 aliphatic rings. The van der Waals surface area contributed by atoms with Gasteiger partial charge in [0.1, 0.15) is 11.4 Å². The maximum absolute atomic E-state index is 11.7. The number of esters is 1. The molecule has 19 heavy (non-hydrogen) atoms. The van der Waals surface area contributed by atoms with Crippen LogP contribution in [0.15, 0.2) is 12.1 Å². The Labute approximate surface area is 118 Å². The molecule has 2 aromatic rings. The number of carbonyl (C=O) groups is 1. The van der Waals surface area contributed by atoms with Crippen LogP contribution >= 0.6 is 23.2 Å². The Hall–Kier alpha value is -1.79. The molecule has 0 saturated carbocycles. The lowest BCUT2D eigenvalue weighted by Gasteiger charge is -2.05. The zero-order chi connectivity index (χ0) is 14.0. The van der Waals surface area contributed by atoms with Crippen molar-refractivity contribution in [2.45, 2.75) is 6.92 Å². The van der Waals surface area contributed by atoms with E-state index >= 15 is 0 Å². The fourth-order valence-electron chi connectivity index (χ4n) is 1.48. The molecule has 0 unspecified atom stereocenters. The lowest BCUT2D eigenvalue weighted by atomic mass is 10.1. The highest BCUT2D eigenvalue weighted by atomic mass is 35.5. The number of aromatic amines is 1. The van der Waals surface area contributed by atoms with Gasteiger partial charge in [-0.15, -0.1) is 5.10 Å². The van der Waals surface area contributed by atoms with Crippen LogP contribution in [0.2, 0.25) is 10.0 Å². The van der Waals surface area contributed by atoms with Crippen molar-refractivity contribution < 1.29 is 14.6 Å². The van der Waals surface area contributed by atoms with E-state index in [1.54, 1.807) is 6.92 Å². The molecule has 1 aromatic carbocycles. The molecule has 6 nitrogen and oxygen atoms in total. The highest BCUT2D eigenvalue weighted by Crippen LogP contribution is 2.36. The van der Waals surface area contributed by atoms with E-state index in [0.29, 0.717) is 5.56 Å². The van der Waals surface area contributed by atoms with E-state index in [2.05, 4.69) is 15.4 Å². The predicted octanol–water partition coefficient (Wildman–Crippen LogP) is 2.66. The molecule has 0 atom stereocenters. The lowest BCUT2D eigenvalue weighted by molar-refractivity contribution is 0.0520. The van der Waals surface area contributed by atoms with Crippen LogP contribution in [0.25, 0.3) is 11.3 Å². The zero-order valence-corrected chi connectivity index (χ0v) is 11.3. The Kier molecular flexibility index (Phi) is 3.92. The normalized spacial score (nSPS) is 10.5. The number of nitrogens with one attached hydrogen (secondary N) is 1. The first-order chi connectivity index (χ1) is 9.04. The summed E-state index contributed by atoms with van der Waals surface area (Å²) in [6.45, 7) is 1.89. The van der Waals surface area contributed by atoms with Gasteiger partial charge in [0, 0.05) is 5.56 Å². The van der Waals surface area contributed by atoms with E-state index in [9.17, 15) is 9.90 Å². The summed E-state index contributed by atoms with van der Waals surface area (Å²) in [5.74, 6) is -0.796. The van der Waals surface area contributed by atoms with E-state index in [-0.39, 0.29) is 33.8 Å². The predicted molar refractivity (Wildman–Crippen MR) is 69.5 cm³/mol. The first-order valence-corrected chi connectivity index (χ1v) is 6.06. The molecular weight excluding hydrogens is 293 g/mol. The number of hydrogen-bond acceptors (Lipinski definition) is 5. The molecule has 2 N–H and O–H groups in total. The number of ether oxygens (including phenoxy) is 1. The number of H-pyrrole nitrogens is 1. The molecule has 0 aliphatic heterocycles. The van der Waals surface area contributed by atoms with Crippen molar-refractivity contribution in [3.63, 3.8) is 0 Å². The summed E-state index contributed by atoms with van der Waals surface area (Å²) < 4.78 is 4.85. The largest absolute Gasteiger partial charge is 0.506 e. The Balaban J connectivity index is 2.51. The second-order valence-electron chi connectivity index (χ2n) is 3.52. The molecule has 2 rings (SSSR count). The number of aromatic nitrogens is 3. The maximum atomic E-state index is 11.7. The van der Waals surface area contributed by atoms with Gasteiger partial charge in [0.15, 0.2) is 5.69 Å². The summed E-state index contributed by atoms with van der Waals surface area (Å²) in [5.41, 5.74) is 0.515.